The predicted molar refractivity (Wildman–Crippen MR) is 285 cm³/mol. The Bertz CT molecular complexity index is 2950. The molecule has 3 heterocycles. The molecule has 3 aromatic heterocycles. The maximum Gasteiger partial charge on any atom is 0.0725 e. The van der Waals surface area contributed by atoms with Crippen molar-refractivity contribution in [3.05, 3.63) is 270 Å². The molecule has 338 valence electrons. The van der Waals surface area contributed by atoms with Crippen LogP contribution in [0.25, 0.3) is 33.8 Å². The highest BCUT2D eigenvalue weighted by Crippen LogP contribution is 2.64. The van der Waals surface area contributed by atoms with Crippen LogP contribution in [0.4, 0.5) is 0 Å². The highest BCUT2D eigenvalue weighted by Gasteiger charge is 2.64. The quantitative estimate of drug-likeness (QED) is 0.115. The Balaban J connectivity index is 1.04. The maximum absolute atomic E-state index is 6.15. The van der Waals surface area contributed by atoms with E-state index < -0.39 is 16.6 Å². The van der Waals surface area contributed by atoms with Crippen molar-refractivity contribution in [3.8, 4) is 33.8 Å². The first-order chi connectivity index (χ1) is 34.5. The molecule has 0 aliphatic heterocycles. The fourth-order valence-electron chi connectivity index (χ4n) is 12.0. The van der Waals surface area contributed by atoms with Crippen LogP contribution < -0.4 is 0 Å². The fraction of sp³-hybridized carbons (Fsp3) is 0.156. The summed E-state index contributed by atoms with van der Waals surface area (Å²) in [5, 5.41) is 0. The van der Waals surface area contributed by atoms with E-state index in [0.29, 0.717) is 5.92 Å². The Hall–Kier alpha value is -8.22. The van der Waals surface area contributed by atoms with E-state index in [2.05, 4.69) is 197 Å². The summed E-state index contributed by atoms with van der Waals surface area (Å²) in [5.41, 5.74) is 14.4. The monoisotopic (exact) mass is 904 g/mol. The van der Waals surface area contributed by atoms with Gasteiger partial charge in [0.1, 0.15) is 0 Å². The van der Waals surface area contributed by atoms with Crippen LogP contribution in [0.1, 0.15) is 71.9 Å². The Labute approximate surface area is 410 Å². The zero-order valence-electron chi connectivity index (χ0n) is 39.0. The normalized spacial score (nSPS) is 21.9. The molecule has 13 rings (SSSR count). The number of aliphatic imine (C=N–C) groups is 3. The molecule has 4 fully saturated rings. The minimum atomic E-state index is -0.438. The van der Waals surface area contributed by atoms with Crippen molar-refractivity contribution >= 4 is 17.1 Å². The van der Waals surface area contributed by atoms with E-state index in [4.69, 9.17) is 15.0 Å². The zero-order chi connectivity index (χ0) is 46.8. The average Bonchev–Trinajstić information content (AvgIpc) is 3.42. The Morgan fingerprint density at radius 1 is 0.300 bits per heavy atom. The van der Waals surface area contributed by atoms with Crippen LogP contribution >= 0.6 is 0 Å². The van der Waals surface area contributed by atoms with E-state index in [1.165, 1.54) is 0 Å². The number of pyridine rings is 3. The van der Waals surface area contributed by atoms with Gasteiger partial charge in [-0.25, -0.2) is 0 Å². The fourth-order valence-corrected chi connectivity index (χ4v) is 12.0. The minimum absolute atomic E-state index is 0.364. The van der Waals surface area contributed by atoms with Crippen LogP contribution in [0.3, 0.4) is 0 Å². The van der Waals surface area contributed by atoms with Crippen molar-refractivity contribution in [1.29, 1.82) is 0 Å². The SMILES string of the molecule is c1ccc(/C(=N/C23CC4CC(/N=C(/c5ccccc5)c5ccc(-c6ccccn6)cc5)(C2)CC(/N=C(/c2ccccc2)c2ccc(-c5ccccn5)cc2)(C4)C3)c2ccc(-c3ccccn3)cc2)cc1. The second kappa shape index (κ2) is 18.4. The molecule has 4 bridgehead atoms. The van der Waals surface area contributed by atoms with Gasteiger partial charge in [-0.2, -0.15) is 0 Å². The first-order valence-electron chi connectivity index (χ1n) is 24.5. The lowest BCUT2D eigenvalue weighted by atomic mass is 9.47. The van der Waals surface area contributed by atoms with Crippen molar-refractivity contribution in [3.63, 3.8) is 0 Å². The van der Waals surface area contributed by atoms with Crippen molar-refractivity contribution in [2.45, 2.75) is 55.1 Å². The minimum Gasteiger partial charge on any atom is -0.277 e. The van der Waals surface area contributed by atoms with Gasteiger partial charge in [0.2, 0.25) is 0 Å². The summed E-state index contributed by atoms with van der Waals surface area (Å²) in [6.07, 6.45) is 11.0. The molecular weight excluding hydrogens is 853 g/mol. The van der Waals surface area contributed by atoms with Gasteiger partial charge < -0.3 is 0 Å². The molecule has 0 unspecified atom stereocenters. The molecule has 0 spiro atoms. The van der Waals surface area contributed by atoms with Crippen LogP contribution in [-0.2, 0) is 0 Å². The number of aromatic nitrogens is 3. The summed E-state index contributed by atoms with van der Waals surface area (Å²) >= 11 is 0. The molecule has 0 atom stereocenters. The molecule has 4 aliphatic rings. The van der Waals surface area contributed by atoms with E-state index in [0.717, 1.165) is 123 Å². The van der Waals surface area contributed by atoms with Crippen molar-refractivity contribution in [2.24, 2.45) is 20.9 Å². The van der Waals surface area contributed by atoms with Crippen molar-refractivity contribution in [1.82, 2.24) is 15.0 Å². The van der Waals surface area contributed by atoms with Gasteiger partial charge in [0, 0.05) is 68.7 Å². The van der Waals surface area contributed by atoms with Crippen LogP contribution in [-0.4, -0.2) is 48.7 Å². The number of nitrogens with zero attached hydrogens (tertiary/aromatic N) is 6. The Morgan fingerprint density at radius 3 is 0.814 bits per heavy atom. The van der Waals surface area contributed by atoms with Gasteiger partial charge in [-0.1, -0.05) is 182 Å². The van der Waals surface area contributed by atoms with Gasteiger partial charge in [-0.3, -0.25) is 29.9 Å². The molecule has 0 N–H and O–H groups in total. The standard InChI is InChI=1S/C64H52N6/c1-4-16-50(17-5-1)59(53-31-25-47(26-32-53)56-22-10-13-37-65-56)68-62-40-46-41-63(43-62,69-60(51-18-6-2-7-19-51)54-33-27-48(28-34-54)57-23-11-14-38-66-57)45-64(42-46,44-62)70-61(52-20-8-3-9-21-52)55-35-29-49(30-36-55)58-24-12-15-39-67-58/h1-39,46H,40-45H2/b68-59-,69-60-,70-61-. The zero-order valence-corrected chi connectivity index (χ0v) is 39.0. The molecule has 70 heavy (non-hydrogen) atoms. The molecule has 6 heteroatoms. The van der Waals surface area contributed by atoms with Crippen molar-refractivity contribution < 1.29 is 0 Å². The number of hydrogen-bond donors (Lipinski definition) is 0. The van der Waals surface area contributed by atoms with E-state index in [-0.39, 0.29) is 0 Å². The summed E-state index contributed by atoms with van der Waals surface area (Å²) < 4.78 is 0. The van der Waals surface area contributed by atoms with Gasteiger partial charge >= 0.3 is 0 Å². The smallest absolute Gasteiger partial charge is 0.0725 e. The summed E-state index contributed by atoms with van der Waals surface area (Å²) in [4.78, 5) is 32.4. The summed E-state index contributed by atoms with van der Waals surface area (Å²) in [6.45, 7) is 0. The Kier molecular flexibility index (Phi) is 11.3. The van der Waals surface area contributed by atoms with E-state index in [1.54, 1.807) is 0 Å². The van der Waals surface area contributed by atoms with Gasteiger partial charge in [0.15, 0.2) is 0 Å². The summed E-state index contributed by atoms with van der Waals surface area (Å²) in [7, 11) is 0. The molecule has 6 aromatic carbocycles. The van der Waals surface area contributed by atoms with E-state index >= 15 is 0 Å². The lowest BCUT2D eigenvalue weighted by molar-refractivity contribution is -0.0299. The van der Waals surface area contributed by atoms with E-state index in [9.17, 15) is 0 Å². The van der Waals surface area contributed by atoms with Crippen LogP contribution in [0.2, 0.25) is 0 Å². The first kappa shape index (κ1) is 43.1. The second-order valence-corrected chi connectivity index (χ2v) is 19.5. The molecule has 0 amide bonds. The van der Waals surface area contributed by atoms with Crippen LogP contribution in [0.5, 0.6) is 0 Å². The second-order valence-electron chi connectivity index (χ2n) is 19.5. The van der Waals surface area contributed by atoms with Crippen molar-refractivity contribution in [2.75, 3.05) is 0 Å². The number of benzene rings is 6. The summed E-state index contributed by atoms with van der Waals surface area (Å²) in [6, 6.07) is 76.9. The lowest BCUT2D eigenvalue weighted by Crippen LogP contribution is -2.64. The lowest BCUT2D eigenvalue weighted by Gasteiger charge is -2.63. The molecule has 9 aromatic rings. The predicted octanol–water partition coefficient (Wildman–Crippen LogP) is 14.0. The maximum atomic E-state index is 6.15. The van der Waals surface area contributed by atoms with E-state index in [1.807, 2.05) is 55.0 Å². The number of rotatable bonds is 12. The molecular formula is C64H52N6. The summed E-state index contributed by atoms with van der Waals surface area (Å²) in [5.74, 6) is 0.364. The molecule has 4 aliphatic carbocycles. The third-order valence-corrected chi connectivity index (χ3v) is 14.5. The number of hydrogen-bond acceptors (Lipinski definition) is 6. The van der Waals surface area contributed by atoms with Gasteiger partial charge in [-0.05, 0) is 80.8 Å². The van der Waals surface area contributed by atoms with Gasteiger partial charge in [0.05, 0.1) is 50.8 Å². The first-order valence-corrected chi connectivity index (χ1v) is 24.5. The highest BCUT2D eigenvalue weighted by molar-refractivity contribution is 6.15. The van der Waals surface area contributed by atoms with Crippen LogP contribution in [0, 0.1) is 5.92 Å². The highest BCUT2D eigenvalue weighted by atomic mass is 15.1. The largest absolute Gasteiger partial charge is 0.277 e. The van der Waals surface area contributed by atoms with Gasteiger partial charge in [-0.15, -0.1) is 0 Å². The molecule has 4 saturated carbocycles. The third-order valence-electron chi connectivity index (χ3n) is 14.5. The molecule has 6 nitrogen and oxygen atoms in total. The Morgan fingerprint density at radius 2 is 0.557 bits per heavy atom. The molecule has 0 radical (unpaired) electrons. The molecule has 0 saturated heterocycles. The topological polar surface area (TPSA) is 75.8 Å². The third kappa shape index (κ3) is 8.73. The van der Waals surface area contributed by atoms with Gasteiger partial charge in [0.25, 0.3) is 0 Å². The van der Waals surface area contributed by atoms with Crippen LogP contribution in [0.15, 0.2) is 252 Å². The average molecular weight is 905 g/mol.